The molecule has 1 heterocycles. The van der Waals surface area contributed by atoms with Gasteiger partial charge < -0.3 is 14.7 Å². The molecule has 1 N–H and O–H groups in total. The molecule has 0 spiro atoms. The van der Waals surface area contributed by atoms with Crippen molar-refractivity contribution >= 4 is 11.6 Å². The van der Waals surface area contributed by atoms with Gasteiger partial charge in [-0.25, -0.2) is 0 Å². The van der Waals surface area contributed by atoms with Gasteiger partial charge in [0.25, 0.3) is 0 Å². The number of hydrogen-bond donors (Lipinski definition) is 1. The van der Waals surface area contributed by atoms with E-state index in [0.717, 1.165) is 17.9 Å². The molecule has 17 heavy (non-hydrogen) atoms. The fourth-order valence-electron chi connectivity index (χ4n) is 2.32. The maximum atomic E-state index is 11.9. The molecule has 2 rings (SSSR count). The highest BCUT2D eigenvalue weighted by atomic mass is 16.5. The van der Waals surface area contributed by atoms with Crippen molar-refractivity contribution < 1.29 is 14.6 Å². The number of amides is 1. The minimum absolute atomic E-state index is 0.0102. The number of anilines is 1. The Morgan fingerprint density at radius 1 is 1.35 bits per heavy atom. The van der Waals surface area contributed by atoms with Gasteiger partial charge in [0.15, 0.2) is 0 Å². The zero-order valence-electron chi connectivity index (χ0n) is 10.1. The van der Waals surface area contributed by atoms with E-state index in [4.69, 9.17) is 4.74 Å². The number of nitrogens with zero attached hydrogens (tertiary/aromatic N) is 1. The summed E-state index contributed by atoms with van der Waals surface area (Å²) in [4.78, 5) is 13.6. The first kappa shape index (κ1) is 11.9. The molecule has 0 bridgehead atoms. The van der Waals surface area contributed by atoms with Gasteiger partial charge in [-0.05, 0) is 30.7 Å². The smallest absolute Gasteiger partial charge is 0.232 e. The molecule has 0 radical (unpaired) electrons. The number of rotatable bonds is 4. The van der Waals surface area contributed by atoms with Gasteiger partial charge in [-0.15, -0.1) is 0 Å². The first-order chi connectivity index (χ1) is 8.22. The average Bonchev–Trinajstić information content (AvgIpc) is 2.37. The van der Waals surface area contributed by atoms with Crippen LogP contribution >= 0.6 is 0 Å². The van der Waals surface area contributed by atoms with E-state index in [1.807, 2.05) is 31.2 Å². The summed E-state index contributed by atoms with van der Waals surface area (Å²) >= 11 is 0. The van der Waals surface area contributed by atoms with Gasteiger partial charge in [0.2, 0.25) is 5.91 Å². The standard InChI is InChI=1S/C13H17NO3/c1-3-11-12(8-15)14(13(11)16)9-4-6-10(17-2)7-5-9/h4-7,11-12,15H,3,8H2,1-2H3/t11-,12+/m0/s1. The molecule has 1 amide bonds. The van der Waals surface area contributed by atoms with Crippen LogP contribution in [0.2, 0.25) is 0 Å². The topological polar surface area (TPSA) is 49.8 Å². The van der Waals surface area contributed by atoms with E-state index in [1.54, 1.807) is 12.0 Å². The third-order valence-electron chi connectivity index (χ3n) is 3.33. The highest BCUT2D eigenvalue weighted by Crippen LogP contribution is 2.34. The number of carbonyl (C=O) groups excluding carboxylic acids is 1. The molecule has 1 aromatic carbocycles. The highest BCUT2D eigenvalue weighted by molar-refractivity contribution is 6.02. The van der Waals surface area contributed by atoms with Crippen molar-refractivity contribution in [1.29, 1.82) is 0 Å². The molecule has 4 heteroatoms. The second-order valence-electron chi connectivity index (χ2n) is 4.17. The molecule has 2 atom stereocenters. The van der Waals surface area contributed by atoms with Crippen LogP contribution in [0, 0.1) is 5.92 Å². The SMILES string of the molecule is CC[C@@H]1C(=O)N(c2ccc(OC)cc2)[C@@H]1CO. The molecule has 1 fully saturated rings. The predicted octanol–water partition coefficient (Wildman–Crippen LogP) is 1.43. The zero-order valence-corrected chi connectivity index (χ0v) is 10.1. The molecular weight excluding hydrogens is 218 g/mol. The largest absolute Gasteiger partial charge is 0.497 e. The van der Waals surface area contributed by atoms with Gasteiger partial charge in [-0.1, -0.05) is 6.92 Å². The van der Waals surface area contributed by atoms with Crippen molar-refractivity contribution in [3.05, 3.63) is 24.3 Å². The Bertz CT molecular complexity index is 402. The molecule has 1 saturated heterocycles. The fourth-order valence-corrected chi connectivity index (χ4v) is 2.32. The van der Waals surface area contributed by atoms with Crippen LogP contribution in [0.15, 0.2) is 24.3 Å². The van der Waals surface area contributed by atoms with Gasteiger partial charge in [-0.3, -0.25) is 4.79 Å². The summed E-state index contributed by atoms with van der Waals surface area (Å²) in [6.45, 7) is 1.98. The predicted molar refractivity (Wildman–Crippen MR) is 65.1 cm³/mol. The van der Waals surface area contributed by atoms with Crippen LogP contribution in [0.25, 0.3) is 0 Å². The molecule has 1 aliphatic rings. The molecule has 0 aromatic heterocycles. The molecule has 0 unspecified atom stereocenters. The Balaban J connectivity index is 2.19. The summed E-state index contributed by atoms with van der Waals surface area (Å²) in [6.07, 6.45) is 0.775. The molecule has 92 valence electrons. The Morgan fingerprint density at radius 2 is 2.00 bits per heavy atom. The molecular formula is C13H17NO3. The molecule has 1 aliphatic heterocycles. The van der Waals surface area contributed by atoms with Crippen molar-refractivity contribution in [2.75, 3.05) is 18.6 Å². The van der Waals surface area contributed by atoms with Crippen LogP contribution in [-0.2, 0) is 4.79 Å². The van der Waals surface area contributed by atoms with Gasteiger partial charge in [0.05, 0.1) is 25.7 Å². The number of methoxy groups -OCH3 is 1. The number of β-lactam (4-membered cyclic amide) rings is 1. The Morgan fingerprint density at radius 3 is 2.47 bits per heavy atom. The second kappa shape index (κ2) is 4.75. The maximum absolute atomic E-state index is 11.9. The lowest BCUT2D eigenvalue weighted by molar-refractivity contribution is -0.131. The Kier molecular flexibility index (Phi) is 3.33. The summed E-state index contributed by atoms with van der Waals surface area (Å²) in [5, 5.41) is 9.32. The fraction of sp³-hybridized carbons (Fsp3) is 0.462. The van der Waals surface area contributed by atoms with E-state index in [-0.39, 0.29) is 24.5 Å². The second-order valence-corrected chi connectivity index (χ2v) is 4.17. The number of aliphatic hydroxyl groups is 1. The van der Waals surface area contributed by atoms with Crippen LogP contribution in [0.4, 0.5) is 5.69 Å². The van der Waals surface area contributed by atoms with E-state index in [0.29, 0.717) is 0 Å². The molecule has 0 saturated carbocycles. The van der Waals surface area contributed by atoms with E-state index >= 15 is 0 Å². The van der Waals surface area contributed by atoms with E-state index in [2.05, 4.69) is 0 Å². The van der Waals surface area contributed by atoms with Crippen molar-refractivity contribution in [3.8, 4) is 5.75 Å². The van der Waals surface area contributed by atoms with Crippen LogP contribution in [0.3, 0.4) is 0 Å². The quantitative estimate of drug-likeness (QED) is 0.803. The van der Waals surface area contributed by atoms with Gasteiger partial charge in [0, 0.05) is 5.69 Å². The van der Waals surface area contributed by atoms with Gasteiger partial charge in [0.1, 0.15) is 5.75 Å². The lowest BCUT2D eigenvalue weighted by Crippen LogP contribution is -2.62. The third kappa shape index (κ3) is 1.89. The maximum Gasteiger partial charge on any atom is 0.232 e. The first-order valence-electron chi connectivity index (χ1n) is 5.81. The minimum atomic E-state index is -0.0825. The van der Waals surface area contributed by atoms with Crippen molar-refractivity contribution in [2.24, 2.45) is 5.92 Å². The molecule has 0 aliphatic carbocycles. The van der Waals surface area contributed by atoms with E-state index in [9.17, 15) is 9.90 Å². The Labute approximate surface area is 101 Å². The van der Waals surface area contributed by atoms with Crippen molar-refractivity contribution in [3.63, 3.8) is 0 Å². The van der Waals surface area contributed by atoms with Gasteiger partial charge >= 0.3 is 0 Å². The summed E-state index contributed by atoms with van der Waals surface area (Å²) in [7, 11) is 1.60. The summed E-state index contributed by atoms with van der Waals surface area (Å²) in [5.41, 5.74) is 0.819. The minimum Gasteiger partial charge on any atom is -0.497 e. The van der Waals surface area contributed by atoms with Crippen molar-refractivity contribution in [1.82, 2.24) is 0 Å². The number of carbonyl (C=O) groups is 1. The number of ether oxygens (including phenoxy) is 1. The van der Waals surface area contributed by atoms with Crippen molar-refractivity contribution in [2.45, 2.75) is 19.4 Å². The average molecular weight is 235 g/mol. The Hall–Kier alpha value is -1.55. The summed E-state index contributed by atoms with van der Waals surface area (Å²) in [5.74, 6) is 0.813. The van der Waals surface area contributed by atoms with Crippen LogP contribution < -0.4 is 9.64 Å². The molecule has 1 aromatic rings. The number of benzene rings is 1. The highest BCUT2D eigenvalue weighted by Gasteiger charge is 2.46. The van der Waals surface area contributed by atoms with Crippen LogP contribution in [-0.4, -0.2) is 30.8 Å². The zero-order chi connectivity index (χ0) is 12.4. The van der Waals surface area contributed by atoms with E-state index < -0.39 is 0 Å². The van der Waals surface area contributed by atoms with Gasteiger partial charge in [-0.2, -0.15) is 0 Å². The van der Waals surface area contributed by atoms with Crippen LogP contribution in [0.5, 0.6) is 5.75 Å². The lowest BCUT2D eigenvalue weighted by atomic mass is 9.85. The molecule has 4 nitrogen and oxygen atoms in total. The number of hydrogen-bond acceptors (Lipinski definition) is 3. The normalized spacial score (nSPS) is 23.5. The summed E-state index contributed by atoms with van der Waals surface area (Å²) in [6, 6.07) is 7.23. The number of aliphatic hydroxyl groups excluding tert-OH is 1. The third-order valence-corrected chi connectivity index (χ3v) is 3.33. The van der Waals surface area contributed by atoms with E-state index in [1.165, 1.54) is 0 Å². The monoisotopic (exact) mass is 235 g/mol. The summed E-state index contributed by atoms with van der Waals surface area (Å²) < 4.78 is 5.07. The first-order valence-corrected chi connectivity index (χ1v) is 5.81. The lowest BCUT2D eigenvalue weighted by Gasteiger charge is -2.46. The van der Waals surface area contributed by atoms with Crippen LogP contribution in [0.1, 0.15) is 13.3 Å².